The van der Waals surface area contributed by atoms with Gasteiger partial charge in [0.15, 0.2) is 0 Å². The molecule has 1 heterocycles. The first-order valence-electron chi connectivity index (χ1n) is 8.59. The van der Waals surface area contributed by atoms with Crippen LogP contribution in [-0.2, 0) is 19.1 Å². The van der Waals surface area contributed by atoms with E-state index >= 15 is 0 Å². The summed E-state index contributed by atoms with van der Waals surface area (Å²) in [5.74, 6) is -1.32. The lowest BCUT2D eigenvalue weighted by molar-refractivity contribution is -0.180. The number of ether oxygens (including phenoxy) is 2. The molecule has 1 saturated heterocycles. The predicted molar refractivity (Wildman–Crippen MR) is 87.8 cm³/mol. The topological polar surface area (TPSA) is 72.8 Å². The Morgan fingerprint density at radius 2 is 2.12 bits per heavy atom. The molecule has 3 rings (SSSR count). The Hall–Kier alpha value is -1.62. The standard InChI is InChI=1S/C19H26O5/c1-9(2)17(21)23-13-7-6-10(3)15-16-14(11(4)18(22)24-16)12(20)8-19(13,15)5/h11-16,20H,1,3,6-8H2,2,4-5H3/t11-,12-,13-,14+,15+,16-,19-/m0/s1. The Balaban J connectivity index is 1.95. The van der Waals surface area contributed by atoms with Gasteiger partial charge in [0.05, 0.1) is 12.0 Å². The van der Waals surface area contributed by atoms with E-state index in [1.807, 2.05) is 13.8 Å². The van der Waals surface area contributed by atoms with E-state index in [9.17, 15) is 14.7 Å². The minimum absolute atomic E-state index is 0.100. The van der Waals surface area contributed by atoms with Gasteiger partial charge in [-0.25, -0.2) is 4.79 Å². The molecular weight excluding hydrogens is 308 g/mol. The van der Waals surface area contributed by atoms with Gasteiger partial charge in [0.25, 0.3) is 0 Å². The molecule has 0 aromatic rings. The van der Waals surface area contributed by atoms with Crippen LogP contribution in [-0.4, -0.2) is 35.4 Å². The minimum Gasteiger partial charge on any atom is -0.461 e. The molecule has 5 heteroatoms. The van der Waals surface area contributed by atoms with Gasteiger partial charge in [-0.3, -0.25) is 4.79 Å². The molecule has 2 saturated carbocycles. The van der Waals surface area contributed by atoms with Gasteiger partial charge in [-0.15, -0.1) is 0 Å². The number of hydrogen-bond donors (Lipinski definition) is 1. The fourth-order valence-corrected chi connectivity index (χ4v) is 4.95. The predicted octanol–water partition coefficient (Wildman–Crippen LogP) is 2.39. The summed E-state index contributed by atoms with van der Waals surface area (Å²) >= 11 is 0. The van der Waals surface area contributed by atoms with Crippen molar-refractivity contribution >= 4 is 11.9 Å². The van der Waals surface area contributed by atoms with E-state index in [2.05, 4.69) is 13.2 Å². The molecule has 2 aliphatic carbocycles. The molecule has 5 nitrogen and oxygen atoms in total. The molecule has 0 amide bonds. The molecular formula is C19H26O5. The van der Waals surface area contributed by atoms with Crippen molar-refractivity contribution in [2.75, 3.05) is 0 Å². The maximum atomic E-state index is 12.1. The van der Waals surface area contributed by atoms with E-state index in [1.165, 1.54) is 0 Å². The maximum absolute atomic E-state index is 12.1. The van der Waals surface area contributed by atoms with Crippen molar-refractivity contribution in [2.24, 2.45) is 23.2 Å². The van der Waals surface area contributed by atoms with Crippen LogP contribution in [0.3, 0.4) is 0 Å². The van der Waals surface area contributed by atoms with Gasteiger partial charge in [0.1, 0.15) is 12.2 Å². The summed E-state index contributed by atoms with van der Waals surface area (Å²) in [5, 5.41) is 10.7. The molecule has 24 heavy (non-hydrogen) atoms. The molecule has 1 N–H and O–H groups in total. The number of carbonyl (C=O) groups is 2. The van der Waals surface area contributed by atoms with E-state index in [-0.39, 0.29) is 35.9 Å². The molecule has 132 valence electrons. The summed E-state index contributed by atoms with van der Waals surface area (Å²) < 4.78 is 11.3. The molecule has 1 aliphatic heterocycles. The lowest BCUT2D eigenvalue weighted by Gasteiger charge is -2.55. The molecule has 0 aromatic carbocycles. The smallest absolute Gasteiger partial charge is 0.333 e. The number of aliphatic hydroxyl groups is 1. The highest BCUT2D eigenvalue weighted by molar-refractivity contribution is 5.87. The number of carbonyl (C=O) groups excluding carboxylic acids is 2. The van der Waals surface area contributed by atoms with Gasteiger partial charge in [-0.05, 0) is 26.2 Å². The zero-order valence-corrected chi connectivity index (χ0v) is 14.6. The molecule has 0 unspecified atom stereocenters. The van der Waals surface area contributed by atoms with Gasteiger partial charge in [-0.1, -0.05) is 32.6 Å². The van der Waals surface area contributed by atoms with Gasteiger partial charge < -0.3 is 14.6 Å². The monoisotopic (exact) mass is 334 g/mol. The van der Waals surface area contributed by atoms with Gasteiger partial charge in [0.2, 0.25) is 0 Å². The Bertz CT molecular complexity index is 609. The van der Waals surface area contributed by atoms with Crippen LogP contribution in [0.5, 0.6) is 0 Å². The first-order valence-corrected chi connectivity index (χ1v) is 8.59. The van der Waals surface area contributed by atoms with Crippen LogP contribution in [0.1, 0.15) is 40.0 Å². The number of aliphatic hydroxyl groups excluding tert-OH is 1. The summed E-state index contributed by atoms with van der Waals surface area (Å²) in [7, 11) is 0. The second-order valence-electron chi connectivity index (χ2n) is 7.89. The summed E-state index contributed by atoms with van der Waals surface area (Å²) in [6.07, 6.45) is 0.461. The molecule has 0 bridgehead atoms. The first kappa shape index (κ1) is 17.2. The quantitative estimate of drug-likeness (QED) is 0.477. The number of hydrogen-bond acceptors (Lipinski definition) is 5. The van der Waals surface area contributed by atoms with Crippen molar-refractivity contribution < 1.29 is 24.2 Å². The zero-order chi connectivity index (χ0) is 17.8. The first-order chi connectivity index (χ1) is 11.2. The van der Waals surface area contributed by atoms with Crippen LogP contribution < -0.4 is 0 Å². The Morgan fingerprint density at radius 1 is 1.46 bits per heavy atom. The van der Waals surface area contributed by atoms with E-state index in [0.717, 1.165) is 12.0 Å². The van der Waals surface area contributed by atoms with Crippen molar-refractivity contribution in [3.05, 3.63) is 24.3 Å². The van der Waals surface area contributed by atoms with Crippen molar-refractivity contribution in [3.63, 3.8) is 0 Å². The second-order valence-corrected chi connectivity index (χ2v) is 7.89. The van der Waals surface area contributed by atoms with Crippen molar-refractivity contribution in [1.29, 1.82) is 0 Å². The fraction of sp³-hybridized carbons (Fsp3) is 0.684. The minimum atomic E-state index is -0.658. The Morgan fingerprint density at radius 3 is 2.75 bits per heavy atom. The van der Waals surface area contributed by atoms with Crippen LogP contribution in [0.25, 0.3) is 0 Å². The van der Waals surface area contributed by atoms with Crippen LogP contribution in [0.4, 0.5) is 0 Å². The van der Waals surface area contributed by atoms with Crippen LogP contribution in [0.15, 0.2) is 24.3 Å². The van der Waals surface area contributed by atoms with Crippen LogP contribution in [0.2, 0.25) is 0 Å². The molecule has 3 fully saturated rings. The van der Waals surface area contributed by atoms with Gasteiger partial charge in [-0.2, -0.15) is 0 Å². The van der Waals surface area contributed by atoms with Crippen molar-refractivity contribution in [2.45, 2.75) is 58.3 Å². The van der Waals surface area contributed by atoms with E-state index in [1.54, 1.807) is 6.92 Å². The molecule has 0 radical (unpaired) electrons. The SMILES string of the molecule is C=C(C)C(=O)O[C@H]1CCC(=C)[C@@H]2[C@H]3OC(=O)[C@@H](C)[C@@H]3[C@@H](O)C[C@@]12C. The maximum Gasteiger partial charge on any atom is 0.333 e. The second kappa shape index (κ2) is 5.73. The van der Waals surface area contributed by atoms with E-state index in [0.29, 0.717) is 18.4 Å². The lowest BCUT2D eigenvalue weighted by atomic mass is 9.53. The fourth-order valence-electron chi connectivity index (χ4n) is 4.95. The number of rotatable bonds is 2. The number of fused-ring (bicyclic) bond motifs is 3. The van der Waals surface area contributed by atoms with Crippen molar-refractivity contribution in [1.82, 2.24) is 0 Å². The summed E-state index contributed by atoms with van der Waals surface area (Å²) in [5.41, 5.74) is 0.879. The van der Waals surface area contributed by atoms with Crippen LogP contribution in [0, 0.1) is 23.2 Å². The molecule has 0 spiro atoms. The molecule has 0 aromatic heterocycles. The average molecular weight is 334 g/mol. The van der Waals surface area contributed by atoms with Gasteiger partial charge >= 0.3 is 11.9 Å². The third-order valence-electron chi connectivity index (χ3n) is 6.21. The Labute approximate surface area is 142 Å². The number of esters is 2. The highest BCUT2D eigenvalue weighted by atomic mass is 16.6. The summed E-state index contributed by atoms with van der Waals surface area (Å²) in [6, 6.07) is 0. The highest BCUT2D eigenvalue weighted by Gasteiger charge is 2.62. The average Bonchev–Trinajstić information content (AvgIpc) is 2.77. The van der Waals surface area contributed by atoms with Crippen molar-refractivity contribution in [3.8, 4) is 0 Å². The molecule has 3 aliphatic rings. The third kappa shape index (κ3) is 2.41. The van der Waals surface area contributed by atoms with Gasteiger partial charge in [0, 0.05) is 22.8 Å². The Kier molecular flexibility index (Phi) is 4.11. The van der Waals surface area contributed by atoms with E-state index < -0.39 is 17.5 Å². The highest BCUT2D eigenvalue weighted by Crippen LogP contribution is 2.58. The lowest BCUT2D eigenvalue weighted by Crippen LogP contribution is -2.58. The third-order valence-corrected chi connectivity index (χ3v) is 6.21. The van der Waals surface area contributed by atoms with E-state index in [4.69, 9.17) is 9.47 Å². The summed E-state index contributed by atoms with van der Waals surface area (Å²) in [6.45, 7) is 13.3. The normalized spacial score (nSPS) is 44.3. The summed E-state index contributed by atoms with van der Waals surface area (Å²) in [4.78, 5) is 24.1. The largest absolute Gasteiger partial charge is 0.461 e. The zero-order valence-electron chi connectivity index (χ0n) is 14.6. The van der Waals surface area contributed by atoms with Crippen LogP contribution >= 0.6 is 0 Å². The molecule has 7 atom stereocenters.